The van der Waals surface area contributed by atoms with Crippen molar-refractivity contribution in [3.05, 3.63) is 17.8 Å². The fourth-order valence-electron chi connectivity index (χ4n) is 1.55. The molecule has 1 aliphatic heterocycles. The molecule has 0 aliphatic carbocycles. The summed E-state index contributed by atoms with van der Waals surface area (Å²) in [4.78, 5) is 2.91. The highest BCUT2D eigenvalue weighted by Gasteiger charge is 2.16. The van der Waals surface area contributed by atoms with Crippen molar-refractivity contribution in [2.24, 2.45) is 0 Å². The van der Waals surface area contributed by atoms with Gasteiger partial charge >= 0.3 is 0 Å². The maximum atomic E-state index is 9.03. The van der Waals surface area contributed by atoms with E-state index in [1.165, 1.54) is 12.8 Å². The number of rotatable bonds is 1. The van der Waals surface area contributed by atoms with Gasteiger partial charge in [0.25, 0.3) is 0 Å². The molecule has 1 saturated heterocycles. The zero-order chi connectivity index (χ0) is 7.68. The molecular weight excluding hydrogens is 140 g/mol. The van der Waals surface area contributed by atoms with Gasteiger partial charge in [-0.2, -0.15) is 0 Å². The molecule has 1 aromatic heterocycles. The molecule has 3 heteroatoms. The van der Waals surface area contributed by atoms with Gasteiger partial charge in [0, 0.05) is 11.7 Å². The van der Waals surface area contributed by atoms with E-state index in [0.717, 1.165) is 12.2 Å². The molecule has 3 N–H and O–H groups in total. The Morgan fingerprint density at radius 1 is 1.45 bits per heavy atom. The van der Waals surface area contributed by atoms with Crippen LogP contribution in [0.25, 0.3) is 0 Å². The van der Waals surface area contributed by atoms with Crippen LogP contribution in [0.2, 0.25) is 0 Å². The van der Waals surface area contributed by atoms with Crippen molar-refractivity contribution in [1.82, 2.24) is 10.3 Å². The third-order valence-electron chi connectivity index (χ3n) is 2.13. The van der Waals surface area contributed by atoms with Gasteiger partial charge in [0.15, 0.2) is 5.88 Å². The number of H-pyrrole nitrogens is 1. The third kappa shape index (κ3) is 1.24. The molecule has 0 radical (unpaired) electrons. The SMILES string of the molecule is Oc1ccc([C@H]2CCCN2)[nH]1. The van der Waals surface area contributed by atoms with Crippen LogP contribution in [-0.4, -0.2) is 16.6 Å². The Bertz CT molecular complexity index is 238. The van der Waals surface area contributed by atoms with Crippen molar-refractivity contribution in [1.29, 1.82) is 0 Å². The first-order valence-corrected chi connectivity index (χ1v) is 3.97. The van der Waals surface area contributed by atoms with Crippen molar-refractivity contribution in [2.75, 3.05) is 6.54 Å². The lowest BCUT2D eigenvalue weighted by atomic mass is 10.2. The Hall–Kier alpha value is -0.960. The van der Waals surface area contributed by atoms with Crippen molar-refractivity contribution < 1.29 is 5.11 Å². The van der Waals surface area contributed by atoms with Crippen molar-refractivity contribution >= 4 is 0 Å². The van der Waals surface area contributed by atoms with Gasteiger partial charge in [0.2, 0.25) is 0 Å². The molecule has 11 heavy (non-hydrogen) atoms. The van der Waals surface area contributed by atoms with Gasteiger partial charge < -0.3 is 15.4 Å². The highest BCUT2D eigenvalue weighted by atomic mass is 16.3. The average molecular weight is 152 g/mol. The van der Waals surface area contributed by atoms with E-state index in [2.05, 4.69) is 10.3 Å². The van der Waals surface area contributed by atoms with Gasteiger partial charge in [0.05, 0.1) is 0 Å². The maximum Gasteiger partial charge on any atom is 0.188 e. The molecule has 2 heterocycles. The molecule has 3 nitrogen and oxygen atoms in total. The standard InChI is InChI=1S/C8H12N2O/c11-8-4-3-7(10-8)6-2-1-5-9-6/h3-4,6,9-11H,1-2,5H2/t6-/m1/s1. The Labute approximate surface area is 65.4 Å². The Kier molecular flexibility index (Phi) is 1.58. The average Bonchev–Trinajstić information content (AvgIpc) is 2.55. The molecular formula is C8H12N2O. The summed E-state index contributed by atoms with van der Waals surface area (Å²) in [5.74, 6) is 0.258. The van der Waals surface area contributed by atoms with E-state index in [0.29, 0.717) is 6.04 Å². The minimum Gasteiger partial charge on any atom is -0.495 e. The molecule has 0 amide bonds. The minimum absolute atomic E-state index is 0.258. The lowest BCUT2D eigenvalue weighted by molar-refractivity contribution is 0.453. The van der Waals surface area contributed by atoms with Crippen LogP contribution < -0.4 is 5.32 Å². The van der Waals surface area contributed by atoms with Gasteiger partial charge in [-0.05, 0) is 31.5 Å². The molecule has 60 valence electrons. The summed E-state index contributed by atoms with van der Waals surface area (Å²) in [6.07, 6.45) is 2.39. The zero-order valence-corrected chi connectivity index (χ0v) is 6.30. The molecule has 0 aromatic carbocycles. The molecule has 0 spiro atoms. The predicted octanol–water partition coefficient (Wildman–Crippen LogP) is 1.14. The second-order valence-corrected chi connectivity index (χ2v) is 2.95. The first kappa shape index (κ1) is 6.73. The first-order valence-electron chi connectivity index (χ1n) is 3.97. The number of hydrogen-bond donors (Lipinski definition) is 3. The zero-order valence-electron chi connectivity index (χ0n) is 6.30. The highest BCUT2D eigenvalue weighted by molar-refractivity contribution is 5.19. The molecule has 1 aliphatic rings. The largest absolute Gasteiger partial charge is 0.495 e. The van der Waals surface area contributed by atoms with E-state index in [1.807, 2.05) is 6.07 Å². The van der Waals surface area contributed by atoms with Crippen molar-refractivity contribution in [3.63, 3.8) is 0 Å². The Morgan fingerprint density at radius 3 is 2.91 bits per heavy atom. The van der Waals surface area contributed by atoms with Gasteiger partial charge in [0.1, 0.15) is 0 Å². The van der Waals surface area contributed by atoms with Crippen LogP contribution in [0.1, 0.15) is 24.6 Å². The van der Waals surface area contributed by atoms with Crippen LogP contribution in [0.5, 0.6) is 5.88 Å². The summed E-state index contributed by atoms with van der Waals surface area (Å²) < 4.78 is 0. The lowest BCUT2D eigenvalue weighted by Crippen LogP contribution is -2.12. The summed E-state index contributed by atoms with van der Waals surface area (Å²) in [5, 5.41) is 12.4. The Balaban J connectivity index is 2.15. The summed E-state index contributed by atoms with van der Waals surface area (Å²) >= 11 is 0. The molecule has 0 unspecified atom stereocenters. The molecule has 2 rings (SSSR count). The van der Waals surface area contributed by atoms with Crippen molar-refractivity contribution in [3.8, 4) is 5.88 Å². The normalized spacial score (nSPS) is 24.2. The smallest absolute Gasteiger partial charge is 0.188 e. The fourth-order valence-corrected chi connectivity index (χ4v) is 1.55. The van der Waals surface area contributed by atoms with Gasteiger partial charge in [-0.3, -0.25) is 0 Å². The lowest BCUT2D eigenvalue weighted by Gasteiger charge is -2.05. The summed E-state index contributed by atoms with van der Waals surface area (Å²) in [6.45, 7) is 1.09. The van der Waals surface area contributed by atoms with Crippen LogP contribution in [0.15, 0.2) is 12.1 Å². The van der Waals surface area contributed by atoms with Crippen LogP contribution >= 0.6 is 0 Å². The molecule has 1 atom stereocenters. The second kappa shape index (κ2) is 2.58. The fraction of sp³-hybridized carbons (Fsp3) is 0.500. The number of nitrogens with one attached hydrogen (secondary N) is 2. The number of aromatic nitrogens is 1. The maximum absolute atomic E-state index is 9.03. The summed E-state index contributed by atoms with van der Waals surface area (Å²) in [7, 11) is 0. The molecule has 1 aromatic rings. The minimum atomic E-state index is 0.258. The van der Waals surface area contributed by atoms with E-state index in [4.69, 9.17) is 5.11 Å². The topological polar surface area (TPSA) is 48.0 Å². The highest BCUT2D eigenvalue weighted by Crippen LogP contribution is 2.23. The number of aromatic hydroxyl groups is 1. The van der Waals surface area contributed by atoms with Crippen molar-refractivity contribution in [2.45, 2.75) is 18.9 Å². The van der Waals surface area contributed by atoms with E-state index < -0.39 is 0 Å². The second-order valence-electron chi connectivity index (χ2n) is 2.95. The van der Waals surface area contributed by atoms with Crippen LogP contribution in [-0.2, 0) is 0 Å². The molecule has 0 saturated carbocycles. The monoisotopic (exact) mass is 152 g/mol. The van der Waals surface area contributed by atoms with E-state index in [9.17, 15) is 0 Å². The summed E-state index contributed by atoms with van der Waals surface area (Å²) in [6, 6.07) is 4.05. The van der Waals surface area contributed by atoms with Gasteiger partial charge in [-0.1, -0.05) is 0 Å². The van der Waals surface area contributed by atoms with E-state index in [-0.39, 0.29) is 5.88 Å². The van der Waals surface area contributed by atoms with E-state index in [1.54, 1.807) is 6.07 Å². The third-order valence-corrected chi connectivity index (χ3v) is 2.13. The van der Waals surface area contributed by atoms with Crippen LogP contribution in [0, 0.1) is 0 Å². The van der Waals surface area contributed by atoms with E-state index >= 15 is 0 Å². The van der Waals surface area contributed by atoms with Gasteiger partial charge in [-0.25, -0.2) is 0 Å². The van der Waals surface area contributed by atoms with Crippen LogP contribution in [0.3, 0.4) is 0 Å². The first-order chi connectivity index (χ1) is 5.36. The predicted molar refractivity (Wildman–Crippen MR) is 42.4 cm³/mol. The summed E-state index contributed by atoms with van der Waals surface area (Å²) in [5.41, 5.74) is 1.10. The van der Waals surface area contributed by atoms with Gasteiger partial charge in [-0.15, -0.1) is 0 Å². The number of hydrogen-bond acceptors (Lipinski definition) is 2. The molecule has 0 bridgehead atoms. The Morgan fingerprint density at radius 2 is 2.36 bits per heavy atom. The van der Waals surface area contributed by atoms with Crippen LogP contribution in [0.4, 0.5) is 0 Å². The molecule has 1 fully saturated rings. The quantitative estimate of drug-likeness (QED) is 0.565. The number of aromatic amines is 1.